The maximum Gasteiger partial charge on any atom is 0.243 e. The Balaban J connectivity index is 2.09. The Kier molecular flexibility index (Phi) is 6.52. The summed E-state index contributed by atoms with van der Waals surface area (Å²) in [4.78, 5) is 12.3. The average Bonchev–Trinajstić information content (AvgIpc) is 2.52. The lowest BCUT2D eigenvalue weighted by Crippen LogP contribution is -2.23. The molecule has 4 nitrogen and oxygen atoms in total. The number of rotatable bonds is 6. The molecule has 0 aliphatic heterocycles. The first-order valence-electron chi connectivity index (χ1n) is 7.64. The van der Waals surface area contributed by atoms with E-state index in [2.05, 4.69) is 26.6 Å². The SMILES string of the molecule is CCOc1c(Br)cc(Cl)cc1NCC(=O)Nc1c(C)cccc1C. The van der Waals surface area contributed by atoms with Gasteiger partial charge in [0.2, 0.25) is 5.91 Å². The molecule has 0 fully saturated rings. The number of ether oxygens (including phenoxy) is 1. The monoisotopic (exact) mass is 410 g/mol. The number of benzene rings is 2. The minimum absolute atomic E-state index is 0.112. The first-order valence-corrected chi connectivity index (χ1v) is 8.81. The third-order valence-electron chi connectivity index (χ3n) is 3.48. The first kappa shape index (κ1) is 18.6. The lowest BCUT2D eigenvalue weighted by atomic mass is 10.1. The molecule has 1 amide bonds. The van der Waals surface area contributed by atoms with Crippen LogP contribution in [-0.2, 0) is 4.79 Å². The molecule has 0 heterocycles. The number of carbonyl (C=O) groups is 1. The van der Waals surface area contributed by atoms with Crippen LogP contribution in [0.15, 0.2) is 34.8 Å². The van der Waals surface area contributed by atoms with E-state index in [1.807, 2.05) is 39.0 Å². The van der Waals surface area contributed by atoms with Crippen LogP contribution >= 0.6 is 27.5 Å². The Morgan fingerprint density at radius 1 is 1.25 bits per heavy atom. The van der Waals surface area contributed by atoms with E-state index in [0.29, 0.717) is 23.1 Å². The lowest BCUT2D eigenvalue weighted by molar-refractivity contribution is -0.114. The maximum atomic E-state index is 12.3. The van der Waals surface area contributed by atoms with E-state index in [0.717, 1.165) is 21.3 Å². The fourth-order valence-corrected chi connectivity index (χ4v) is 3.28. The Labute approximate surface area is 155 Å². The quantitative estimate of drug-likeness (QED) is 0.689. The molecule has 0 saturated heterocycles. The van der Waals surface area contributed by atoms with Crippen molar-refractivity contribution in [2.45, 2.75) is 20.8 Å². The molecule has 128 valence electrons. The molecule has 0 bridgehead atoms. The summed E-state index contributed by atoms with van der Waals surface area (Å²) >= 11 is 9.51. The molecule has 0 atom stereocenters. The molecule has 2 rings (SSSR count). The zero-order valence-electron chi connectivity index (χ0n) is 13.9. The van der Waals surface area contributed by atoms with Crippen molar-refractivity contribution >= 4 is 44.8 Å². The second-order valence-corrected chi connectivity index (χ2v) is 6.66. The summed E-state index contributed by atoms with van der Waals surface area (Å²) in [7, 11) is 0. The zero-order chi connectivity index (χ0) is 17.7. The number of carbonyl (C=O) groups excluding carboxylic acids is 1. The summed E-state index contributed by atoms with van der Waals surface area (Å²) in [6.45, 7) is 6.47. The lowest BCUT2D eigenvalue weighted by Gasteiger charge is -2.15. The Morgan fingerprint density at radius 3 is 2.54 bits per heavy atom. The fourth-order valence-electron chi connectivity index (χ4n) is 2.35. The minimum atomic E-state index is -0.133. The molecular weight excluding hydrogens is 392 g/mol. The van der Waals surface area contributed by atoms with E-state index in [1.165, 1.54) is 0 Å². The van der Waals surface area contributed by atoms with Gasteiger partial charge >= 0.3 is 0 Å². The largest absolute Gasteiger partial charge is 0.491 e. The van der Waals surface area contributed by atoms with Crippen molar-refractivity contribution in [2.75, 3.05) is 23.8 Å². The van der Waals surface area contributed by atoms with E-state index in [4.69, 9.17) is 16.3 Å². The van der Waals surface area contributed by atoms with Crippen LogP contribution < -0.4 is 15.4 Å². The van der Waals surface area contributed by atoms with Crippen LogP contribution in [0.2, 0.25) is 5.02 Å². The van der Waals surface area contributed by atoms with Gasteiger partial charge in [-0.1, -0.05) is 29.8 Å². The maximum absolute atomic E-state index is 12.3. The Morgan fingerprint density at radius 2 is 1.92 bits per heavy atom. The third kappa shape index (κ3) is 4.65. The number of anilines is 2. The summed E-state index contributed by atoms with van der Waals surface area (Å²) < 4.78 is 6.36. The smallest absolute Gasteiger partial charge is 0.243 e. The predicted octanol–water partition coefficient (Wildman–Crippen LogP) is 5.17. The molecule has 0 aliphatic rings. The second-order valence-electron chi connectivity index (χ2n) is 5.37. The van der Waals surface area contributed by atoms with Crippen LogP contribution in [0.4, 0.5) is 11.4 Å². The van der Waals surface area contributed by atoms with Crippen LogP contribution in [-0.4, -0.2) is 19.1 Å². The topological polar surface area (TPSA) is 50.4 Å². The van der Waals surface area contributed by atoms with Crippen LogP contribution in [0.1, 0.15) is 18.1 Å². The highest BCUT2D eigenvalue weighted by atomic mass is 79.9. The van der Waals surface area contributed by atoms with Gasteiger partial charge < -0.3 is 15.4 Å². The van der Waals surface area contributed by atoms with Gasteiger partial charge in [0.1, 0.15) is 0 Å². The van der Waals surface area contributed by atoms with Crippen LogP contribution in [0, 0.1) is 13.8 Å². The van der Waals surface area contributed by atoms with Gasteiger partial charge in [-0.2, -0.15) is 0 Å². The zero-order valence-corrected chi connectivity index (χ0v) is 16.2. The van der Waals surface area contributed by atoms with E-state index in [1.54, 1.807) is 12.1 Å². The highest BCUT2D eigenvalue weighted by molar-refractivity contribution is 9.10. The summed E-state index contributed by atoms with van der Waals surface area (Å²) in [5.74, 6) is 0.507. The number of halogens is 2. The molecule has 0 radical (unpaired) electrons. The molecule has 0 aliphatic carbocycles. The molecule has 2 aromatic rings. The van der Waals surface area contributed by atoms with Crippen molar-refractivity contribution in [2.24, 2.45) is 0 Å². The number of hydrogen-bond acceptors (Lipinski definition) is 3. The van der Waals surface area contributed by atoms with Gasteiger partial charge in [-0.3, -0.25) is 4.79 Å². The van der Waals surface area contributed by atoms with Gasteiger partial charge in [0.05, 0.1) is 23.3 Å². The molecule has 2 N–H and O–H groups in total. The molecular formula is C18H20BrClN2O2. The van der Waals surface area contributed by atoms with E-state index in [9.17, 15) is 4.79 Å². The summed E-state index contributed by atoms with van der Waals surface area (Å²) in [6.07, 6.45) is 0. The Bertz CT molecular complexity index is 730. The van der Waals surface area contributed by atoms with E-state index in [-0.39, 0.29) is 12.5 Å². The summed E-state index contributed by atoms with van der Waals surface area (Å²) in [5.41, 5.74) is 3.59. The molecule has 2 aromatic carbocycles. The molecule has 6 heteroatoms. The van der Waals surface area contributed by atoms with Crippen molar-refractivity contribution in [1.82, 2.24) is 0 Å². The van der Waals surface area contributed by atoms with Crippen molar-refractivity contribution in [1.29, 1.82) is 0 Å². The first-order chi connectivity index (χ1) is 11.4. The molecule has 0 spiro atoms. The van der Waals surface area contributed by atoms with Gasteiger partial charge in [-0.05, 0) is 60.0 Å². The van der Waals surface area contributed by atoms with Crippen LogP contribution in [0.5, 0.6) is 5.75 Å². The number of para-hydroxylation sites is 1. The van der Waals surface area contributed by atoms with Gasteiger partial charge in [-0.15, -0.1) is 0 Å². The highest BCUT2D eigenvalue weighted by Gasteiger charge is 2.12. The summed E-state index contributed by atoms with van der Waals surface area (Å²) in [6, 6.07) is 9.41. The van der Waals surface area contributed by atoms with Gasteiger partial charge in [-0.25, -0.2) is 0 Å². The fraction of sp³-hybridized carbons (Fsp3) is 0.278. The number of amides is 1. The van der Waals surface area contributed by atoms with Crippen molar-refractivity contribution < 1.29 is 9.53 Å². The summed E-state index contributed by atoms with van der Waals surface area (Å²) in [5, 5.41) is 6.59. The molecule has 24 heavy (non-hydrogen) atoms. The average molecular weight is 412 g/mol. The third-order valence-corrected chi connectivity index (χ3v) is 4.29. The van der Waals surface area contributed by atoms with Crippen molar-refractivity contribution in [3.05, 3.63) is 51.0 Å². The van der Waals surface area contributed by atoms with E-state index < -0.39 is 0 Å². The molecule has 0 saturated carbocycles. The van der Waals surface area contributed by atoms with Crippen LogP contribution in [0.25, 0.3) is 0 Å². The Hall–Kier alpha value is -1.72. The van der Waals surface area contributed by atoms with Crippen LogP contribution in [0.3, 0.4) is 0 Å². The normalized spacial score (nSPS) is 10.4. The van der Waals surface area contributed by atoms with Crippen molar-refractivity contribution in [3.63, 3.8) is 0 Å². The van der Waals surface area contributed by atoms with Gasteiger partial charge in [0.15, 0.2) is 5.75 Å². The second kappa shape index (κ2) is 8.40. The number of hydrogen-bond donors (Lipinski definition) is 2. The predicted molar refractivity (Wildman–Crippen MR) is 103 cm³/mol. The highest BCUT2D eigenvalue weighted by Crippen LogP contribution is 2.36. The standard InChI is InChI=1S/C18H20BrClN2O2/c1-4-24-18-14(19)8-13(20)9-15(18)21-10-16(23)22-17-11(2)6-5-7-12(17)3/h5-9,21H,4,10H2,1-3H3,(H,22,23). The van der Waals surface area contributed by atoms with E-state index >= 15 is 0 Å². The molecule has 0 aromatic heterocycles. The number of nitrogens with one attached hydrogen (secondary N) is 2. The molecule has 0 unspecified atom stereocenters. The van der Waals surface area contributed by atoms with Gasteiger partial charge in [0, 0.05) is 10.7 Å². The number of aryl methyl sites for hydroxylation is 2. The minimum Gasteiger partial charge on any atom is -0.491 e. The van der Waals surface area contributed by atoms with Gasteiger partial charge in [0.25, 0.3) is 0 Å². The van der Waals surface area contributed by atoms with Crippen molar-refractivity contribution in [3.8, 4) is 5.75 Å².